The van der Waals surface area contributed by atoms with Gasteiger partial charge >= 0.3 is 0 Å². The highest BCUT2D eigenvalue weighted by Gasteiger charge is 2.28. The molecule has 1 aromatic rings. The van der Waals surface area contributed by atoms with Crippen LogP contribution in [0.1, 0.15) is 25.7 Å². The van der Waals surface area contributed by atoms with E-state index >= 15 is 0 Å². The van der Waals surface area contributed by atoms with Crippen molar-refractivity contribution in [2.45, 2.75) is 30.5 Å². The van der Waals surface area contributed by atoms with Crippen molar-refractivity contribution in [1.29, 1.82) is 0 Å². The number of hydrogen-bond acceptors (Lipinski definition) is 2. The lowest BCUT2D eigenvalue weighted by Gasteiger charge is -2.29. The average molecular weight is 323 g/mol. The van der Waals surface area contributed by atoms with Gasteiger partial charge in [0.25, 0.3) is 0 Å². The fourth-order valence-corrected chi connectivity index (χ4v) is 3.48. The normalized spacial score (nSPS) is 24.1. The number of amides is 1. The molecule has 2 aliphatic heterocycles. The van der Waals surface area contributed by atoms with Crippen LogP contribution in [0.15, 0.2) is 24.3 Å². The number of carbonyl (C=O) groups excluding carboxylic acids is 1. The second-order valence-corrected chi connectivity index (χ2v) is 6.66. The molecular formula is C15H19BrN2O. The molecule has 0 aliphatic carbocycles. The Hall–Kier alpha value is -1.03. The highest BCUT2D eigenvalue weighted by atomic mass is 79.9. The smallest absolute Gasteiger partial charge is 0.228 e. The van der Waals surface area contributed by atoms with Crippen molar-refractivity contribution in [2.75, 3.05) is 29.4 Å². The molecule has 2 heterocycles. The number of anilines is 2. The van der Waals surface area contributed by atoms with Crippen LogP contribution >= 0.6 is 15.9 Å². The van der Waals surface area contributed by atoms with E-state index < -0.39 is 0 Å². The van der Waals surface area contributed by atoms with Crippen LogP contribution in [0.3, 0.4) is 0 Å². The first-order valence-corrected chi connectivity index (χ1v) is 7.95. The van der Waals surface area contributed by atoms with Crippen molar-refractivity contribution < 1.29 is 4.79 Å². The van der Waals surface area contributed by atoms with Crippen LogP contribution in [0.5, 0.6) is 0 Å². The van der Waals surface area contributed by atoms with Crippen LogP contribution < -0.4 is 9.80 Å². The molecule has 2 aliphatic rings. The van der Waals surface area contributed by atoms with Gasteiger partial charge in [-0.25, -0.2) is 0 Å². The van der Waals surface area contributed by atoms with Crippen LogP contribution in [0.2, 0.25) is 0 Å². The van der Waals surface area contributed by atoms with Gasteiger partial charge in [-0.05, 0) is 43.5 Å². The predicted molar refractivity (Wildman–Crippen MR) is 82.2 cm³/mol. The van der Waals surface area contributed by atoms with E-state index in [0.717, 1.165) is 25.3 Å². The molecule has 2 fully saturated rings. The van der Waals surface area contributed by atoms with Crippen LogP contribution in [-0.4, -0.2) is 30.4 Å². The standard InChI is InChI=1S/C15H19BrN2O/c16-12-10-15(19)18(11-12)14-6-4-13(5-7-14)17-8-2-1-3-9-17/h4-7,12H,1-3,8-11H2. The summed E-state index contributed by atoms with van der Waals surface area (Å²) in [6.45, 7) is 3.10. The first kappa shape index (κ1) is 13.0. The first-order valence-electron chi connectivity index (χ1n) is 7.03. The van der Waals surface area contributed by atoms with Crippen LogP contribution in [0.25, 0.3) is 0 Å². The number of piperidine rings is 1. The first-order chi connectivity index (χ1) is 9.24. The Morgan fingerprint density at radius 1 is 1.00 bits per heavy atom. The zero-order valence-electron chi connectivity index (χ0n) is 11.0. The molecule has 19 heavy (non-hydrogen) atoms. The summed E-state index contributed by atoms with van der Waals surface area (Å²) >= 11 is 3.52. The Labute approximate surface area is 122 Å². The van der Waals surface area contributed by atoms with Gasteiger partial charge in [0.15, 0.2) is 0 Å². The summed E-state index contributed by atoms with van der Waals surface area (Å²) in [4.78, 5) is 16.5. The molecule has 0 radical (unpaired) electrons. The molecule has 0 saturated carbocycles. The summed E-state index contributed by atoms with van der Waals surface area (Å²) in [5.41, 5.74) is 2.30. The SMILES string of the molecule is O=C1CC(Br)CN1c1ccc(N2CCCCC2)cc1. The molecule has 2 saturated heterocycles. The molecule has 0 bridgehead atoms. The van der Waals surface area contributed by atoms with Gasteiger partial charge in [0.05, 0.1) is 0 Å². The summed E-state index contributed by atoms with van der Waals surface area (Å²) < 4.78 is 0. The van der Waals surface area contributed by atoms with Crippen molar-refractivity contribution in [1.82, 2.24) is 0 Å². The van der Waals surface area contributed by atoms with Gasteiger partial charge in [0.1, 0.15) is 0 Å². The van der Waals surface area contributed by atoms with E-state index in [0.29, 0.717) is 11.2 Å². The van der Waals surface area contributed by atoms with Gasteiger partial charge in [0, 0.05) is 42.3 Å². The molecule has 1 amide bonds. The fourth-order valence-electron chi connectivity index (χ4n) is 2.91. The lowest BCUT2D eigenvalue weighted by atomic mass is 10.1. The van der Waals surface area contributed by atoms with E-state index in [1.54, 1.807) is 0 Å². The predicted octanol–water partition coefficient (Wildman–Crippen LogP) is 3.18. The summed E-state index contributed by atoms with van der Waals surface area (Å²) in [7, 11) is 0. The van der Waals surface area contributed by atoms with Gasteiger partial charge in [-0.1, -0.05) is 15.9 Å². The largest absolute Gasteiger partial charge is 0.372 e. The molecule has 1 unspecified atom stereocenters. The molecule has 1 aromatic carbocycles. The minimum absolute atomic E-state index is 0.215. The van der Waals surface area contributed by atoms with Crippen LogP contribution in [0, 0.1) is 0 Å². The number of rotatable bonds is 2. The zero-order chi connectivity index (χ0) is 13.2. The lowest BCUT2D eigenvalue weighted by Crippen LogP contribution is -2.29. The van der Waals surface area contributed by atoms with Gasteiger partial charge in [-0.2, -0.15) is 0 Å². The highest BCUT2D eigenvalue weighted by molar-refractivity contribution is 9.09. The Bertz CT molecular complexity index is 454. The summed E-state index contributed by atoms with van der Waals surface area (Å²) in [6.07, 6.45) is 4.53. The average Bonchev–Trinajstić information content (AvgIpc) is 2.79. The maximum absolute atomic E-state index is 11.9. The quantitative estimate of drug-likeness (QED) is 0.781. The molecule has 1 atom stereocenters. The van der Waals surface area contributed by atoms with E-state index in [2.05, 4.69) is 45.1 Å². The highest BCUT2D eigenvalue weighted by Crippen LogP contribution is 2.28. The summed E-state index contributed by atoms with van der Waals surface area (Å²) in [5.74, 6) is 0.215. The summed E-state index contributed by atoms with van der Waals surface area (Å²) in [5, 5.41) is 0. The third-order valence-electron chi connectivity index (χ3n) is 3.96. The zero-order valence-corrected chi connectivity index (χ0v) is 12.6. The van der Waals surface area contributed by atoms with Crippen molar-refractivity contribution >= 4 is 33.2 Å². The Morgan fingerprint density at radius 3 is 2.21 bits per heavy atom. The molecule has 102 valence electrons. The topological polar surface area (TPSA) is 23.6 Å². The number of nitrogens with zero attached hydrogens (tertiary/aromatic N) is 2. The Balaban J connectivity index is 1.73. The maximum atomic E-state index is 11.9. The number of carbonyl (C=O) groups is 1. The van der Waals surface area contributed by atoms with E-state index in [1.165, 1.54) is 24.9 Å². The maximum Gasteiger partial charge on any atom is 0.228 e. The second-order valence-electron chi connectivity index (χ2n) is 5.37. The summed E-state index contributed by atoms with van der Waals surface area (Å²) in [6, 6.07) is 8.45. The van der Waals surface area contributed by atoms with Crippen molar-refractivity contribution in [3.05, 3.63) is 24.3 Å². The second kappa shape index (κ2) is 5.53. The third-order valence-corrected chi connectivity index (χ3v) is 4.57. The van der Waals surface area contributed by atoms with E-state index in [4.69, 9.17) is 0 Å². The molecule has 3 nitrogen and oxygen atoms in total. The van der Waals surface area contributed by atoms with Crippen LogP contribution in [0.4, 0.5) is 11.4 Å². The molecule has 3 rings (SSSR count). The number of benzene rings is 1. The minimum atomic E-state index is 0.215. The van der Waals surface area contributed by atoms with Crippen molar-refractivity contribution in [2.24, 2.45) is 0 Å². The van der Waals surface area contributed by atoms with Gasteiger partial charge in [0.2, 0.25) is 5.91 Å². The third kappa shape index (κ3) is 2.78. The molecule has 4 heteroatoms. The minimum Gasteiger partial charge on any atom is -0.372 e. The van der Waals surface area contributed by atoms with Crippen LogP contribution in [-0.2, 0) is 4.79 Å². The Morgan fingerprint density at radius 2 is 1.63 bits per heavy atom. The fraction of sp³-hybridized carbons (Fsp3) is 0.533. The molecular weight excluding hydrogens is 304 g/mol. The molecule has 0 aromatic heterocycles. The van der Waals surface area contributed by atoms with Gasteiger partial charge < -0.3 is 9.80 Å². The van der Waals surface area contributed by atoms with E-state index in [-0.39, 0.29) is 5.91 Å². The van der Waals surface area contributed by atoms with E-state index in [1.807, 2.05) is 4.90 Å². The van der Waals surface area contributed by atoms with E-state index in [9.17, 15) is 4.79 Å². The van der Waals surface area contributed by atoms with Gasteiger partial charge in [-0.3, -0.25) is 4.79 Å². The molecule has 0 spiro atoms. The Kier molecular flexibility index (Phi) is 3.78. The number of alkyl halides is 1. The molecule has 0 N–H and O–H groups in total. The number of halogens is 1. The van der Waals surface area contributed by atoms with Gasteiger partial charge in [-0.15, -0.1) is 0 Å². The van der Waals surface area contributed by atoms with Crippen molar-refractivity contribution in [3.8, 4) is 0 Å². The monoisotopic (exact) mass is 322 g/mol. The number of hydrogen-bond donors (Lipinski definition) is 0. The van der Waals surface area contributed by atoms with Crippen molar-refractivity contribution in [3.63, 3.8) is 0 Å². The lowest BCUT2D eigenvalue weighted by molar-refractivity contribution is -0.117.